The van der Waals surface area contributed by atoms with Crippen LogP contribution in [0.4, 0.5) is 14.6 Å². The number of nitrogens with zero attached hydrogens (tertiary/aromatic N) is 4. The Bertz CT molecular complexity index is 784. The van der Waals surface area contributed by atoms with Gasteiger partial charge in [0, 0.05) is 24.4 Å². The van der Waals surface area contributed by atoms with Crippen LogP contribution in [-0.4, -0.2) is 26.1 Å². The van der Waals surface area contributed by atoms with E-state index in [1.54, 1.807) is 4.52 Å². The number of hydrogen-bond donors (Lipinski definition) is 1. The Morgan fingerprint density at radius 3 is 2.90 bits per heavy atom. The average Bonchev–Trinajstić information content (AvgIpc) is 2.89. The Labute approximate surface area is 119 Å². The molecule has 0 amide bonds. The fourth-order valence-corrected chi connectivity index (χ4v) is 2.11. The third kappa shape index (κ3) is 2.81. The van der Waals surface area contributed by atoms with Gasteiger partial charge in [-0.05, 0) is 25.0 Å². The number of fused-ring (bicyclic) bond motifs is 1. The second kappa shape index (κ2) is 5.43. The van der Waals surface area contributed by atoms with E-state index in [-0.39, 0.29) is 0 Å². The van der Waals surface area contributed by atoms with E-state index in [1.165, 1.54) is 18.5 Å². The molecule has 3 aromatic rings. The van der Waals surface area contributed by atoms with Crippen molar-refractivity contribution in [3.8, 4) is 0 Å². The molecule has 2 heterocycles. The van der Waals surface area contributed by atoms with Crippen LogP contribution in [0.2, 0.25) is 0 Å². The smallest absolute Gasteiger partial charge is 0.254 e. The Kier molecular flexibility index (Phi) is 3.47. The summed E-state index contributed by atoms with van der Waals surface area (Å²) >= 11 is 0. The summed E-state index contributed by atoms with van der Waals surface area (Å²) in [6.45, 7) is 2.35. The quantitative estimate of drug-likeness (QED) is 0.801. The molecule has 0 aliphatic rings. The van der Waals surface area contributed by atoms with Gasteiger partial charge < -0.3 is 5.32 Å². The Balaban J connectivity index is 1.73. The molecule has 0 atom stereocenters. The van der Waals surface area contributed by atoms with Crippen LogP contribution in [0.3, 0.4) is 0 Å². The molecule has 2 aromatic heterocycles. The molecular formula is C14H13F2N5. The molecule has 3 rings (SSSR count). The highest BCUT2D eigenvalue weighted by Crippen LogP contribution is 2.12. The first-order valence-corrected chi connectivity index (χ1v) is 6.48. The lowest BCUT2D eigenvalue weighted by atomic mass is 10.1. The number of benzene rings is 1. The number of aromatic nitrogens is 4. The van der Waals surface area contributed by atoms with E-state index in [9.17, 15) is 8.78 Å². The van der Waals surface area contributed by atoms with Crippen LogP contribution in [0.1, 0.15) is 11.3 Å². The first kappa shape index (κ1) is 13.4. The molecule has 5 nitrogen and oxygen atoms in total. The van der Waals surface area contributed by atoms with Crippen molar-refractivity contribution in [2.45, 2.75) is 13.3 Å². The maximum absolute atomic E-state index is 13.5. The van der Waals surface area contributed by atoms with Gasteiger partial charge in [-0.15, -0.1) is 0 Å². The molecule has 0 bridgehead atoms. The highest BCUT2D eigenvalue weighted by Gasteiger charge is 2.07. The second-order valence-electron chi connectivity index (χ2n) is 4.67. The first-order chi connectivity index (χ1) is 10.1. The lowest BCUT2D eigenvalue weighted by molar-refractivity contribution is 0.572. The van der Waals surface area contributed by atoms with Gasteiger partial charge in [-0.2, -0.15) is 14.6 Å². The summed E-state index contributed by atoms with van der Waals surface area (Å²) in [5, 5.41) is 7.24. The van der Waals surface area contributed by atoms with Gasteiger partial charge in [0.2, 0.25) is 0 Å². The molecule has 1 N–H and O–H groups in total. The Hall–Kier alpha value is -2.57. The van der Waals surface area contributed by atoms with Crippen LogP contribution in [0.5, 0.6) is 0 Å². The molecule has 0 radical (unpaired) electrons. The number of aryl methyl sites for hydroxylation is 1. The normalized spacial score (nSPS) is 11.0. The minimum absolute atomic E-state index is 0.434. The topological polar surface area (TPSA) is 55.1 Å². The predicted octanol–water partition coefficient (Wildman–Crippen LogP) is 2.37. The lowest BCUT2D eigenvalue weighted by Crippen LogP contribution is -2.11. The van der Waals surface area contributed by atoms with Crippen LogP contribution in [0.25, 0.3) is 5.78 Å². The molecule has 0 unspecified atom stereocenters. The van der Waals surface area contributed by atoms with E-state index in [0.29, 0.717) is 24.3 Å². The maximum Gasteiger partial charge on any atom is 0.254 e. The van der Waals surface area contributed by atoms with Crippen molar-refractivity contribution in [1.29, 1.82) is 0 Å². The number of nitrogens with one attached hydrogen (secondary N) is 1. The fourth-order valence-electron chi connectivity index (χ4n) is 2.11. The van der Waals surface area contributed by atoms with Crippen LogP contribution in [-0.2, 0) is 6.42 Å². The van der Waals surface area contributed by atoms with Gasteiger partial charge in [0.05, 0.1) is 0 Å². The summed E-state index contributed by atoms with van der Waals surface area (Å²) in [4.78, 5) is 8.26. The van der Waals surface area contributed by atoms with Gasteiger partial charge in [0.15, 0.2) is 0 Å². The first-order valence-electron chi connectivity index (χ1n) is 6.48. The van der Waals surface area contributed by atoms with E-state index >= 15 is 0 Å². The second-order valence-corrected chi connectivity index (χ2v) is 4.67. The summed E-state index contributed by atoms with van der Waals surface area (Å²) in [5.74, 6) is 0.134. The third-order valence-corrected chi connectivity index (χ3v) is 3.10. The van der Waals surface area contributed by atoms with Gasteiger partial charge >= 0.3 is 0 Å². The molecule has 1 aromatic carbocycles. The molecule has 0 fully saturated rings. The molecular weight excluding hydrogens is 276 g/mol. The van der Waals surface area contributed by atoms with Gasteiger partial charge in [0.1, 0.15) is 23.8 Å². The molecule has 7 heteroatoms. The fraction of sp³-hybridized carbons (Fsp3) is 0.214. The van der Waals surface area contributed by atoms with E-state index in [2.05, 4.69) is 20.4 Å². The van der Waals surface area contributed by atoms with E-state index < -0.39 is 11.6 Å². The highest BCUT2D eigenvalue weighted by atomic mass is 19.1. The third-order valence-electron chi connectivity index (χ3n) is 3.10. The lowest BCUT2D eigenvalue weighted by Gasteiger charge is -2.09. The van der Waals surface area contributed by atoms with E-state index in [0.717, 1.165) is 17.6 Å². The monoisotopic (exact) mass is 289 g/mol. The molecule has 108 valence electrons. The highest BCUT2D eigenvalue weighted by molar-refractivity contribution is 5.44. The molecule has 0 aliphatic carbocycles. The Morgan fingerprint density at radius 1 is 1.24 bits per heavy atom. The Morgan fingerprint density at radius 2 is 2.10 bits per heavy atom. The molecule has 0 aliphatic heterocycles. The summed E-state index contributed by atoms with van der Waals surface area (Å²) in [7, 11) is 0. The van der Waals surface area contributed by atoms with Gasteiger partial charge in [-0.1, -0.05) is 6.07 Å². The van der Waals surface area contributed by atoms with Crippen molar-refractivity contribution in [2.75, 3.05) is 11.9 Å². The van der Waals surface area contributed by atoms with Crippen molar-refractivity contribution in [3.05, 3.63) is 53.5 Å². The summed E-state index contributed by atoms with van der Waals surface area (Å²) in [6.07, 6.45) is 1.86. The number of hydrogen-bond acceptors (Lipinski definition) is 4. The minimum Gasteiger partial charge on any atom is -0.370 e. The average molecular weight is 289 g/mol. The number of rotatable bonds is 4. The molecule has 0 spiro atoms. The van der Waals surface area contributed by atoms with E-state index in [4.69, 9.17) is 0 Å². The summed E-state index contributed by atoms with van der Waals surface area (Å²) in [5.41, 5.74) is 1.27. The zero-order valence-electron chi connectivity index (χ0n) is 11.3. The minimum atomic E-state index is -0.571. The number of halogens is 2. The maximum atomic E-state index is 13.5. The van der Waals surface area contributed by atoms with Crippen LogP contribution in [0, 0.1) is 18.6 Å². The van der Waals surface area contributed by atoms with Gasteiger partial charge in [0.25, 0.3) is 5.78 Å². The zero-order chi connectivity index (χ0) is 14.8. The van der Waals surface area contributed by atoms with Crippen molar-refractivity contribution in [2.24, 2.45) is 0 Å². The molecule has 0 saturated heterocycles. The zero-order valence-corrected chi connectivity index (χ0v) is 11.3. The molecule has 0 saturated carbocycles. The van der Waals surface area contributed by atoms with Crippen molar-refractivity contribution in [3.63, 3.8) is 0 Å². The summed E-state index contributed by atoms with van der Waals surface area (Å²) < 4.78 is 28.0. The van der Waals surface area contributed by atoms with E-state index in [1.807, 2.05) is 13.0 Å². The standard InChI is InChI=1S/C14H13F2N5/c1-9-6-13(21-14(20-9)18-8-19-21)17-5-4-10-2-3-11(15)7-12(10)16/h2-3,6-8,17H,4-5H2,1H3. The van der Waals surface area contributed by atoms with Crippen LogP contribution >= 0.6 is 0 Å². The summed E-state index contributed by atoms with van der Waals surface area (Å²) in [6, 6.07) is 5.43. The van der Waals surface area contributed by atoms with Gasteiger partial charge in [-0.25, -0.2) is 13.8 Å². The van der Waals surface area contributed by atoms with Crippen LogP contribution in [0.15, 0.2) is 30.6 Å². The van der Waals surface area contributed by atoms with Gasteiger partial charge in [-0.3, -0.25) is 0 Å². The largest absolute Gasteiger partial charge is 0.370 e. The molecule has 21 heavy (non-hydrogen) atoms. The van der Waals surface area contributed by atoms with Crippen molar-refractivity contribution < 1.29 is 8.78 Å². The van der Waals surface area contributed by atoms with Crippen molar-refractivity contribution >= 4 is 11.6 Å². The SMILES string of the molecule is Cc1cc(NCCc2ccc(F)cc2F)n2ncnc2n1. The van der Waals surface area contributed by atoms with Crippen LogP contribution < -0.4 is 5.32 Å². The predicted molar refractivity (Wildman–Crippen MR) is 74.1 cm³/mol. The number of anilines is 1. The van der Waals surface area contributed by atoms with Crippen molar-refractivity contribution in [1.82, 2.24) is 19.6 Å².